The maximum absolute atomic E-state index is 12.5. The molecule has 1 aliphatic heterocycles. The quantitative estimate of drug-likeness (QED) is 0.416. The molecule has 144 valence electrons. The number of esters is 1. The van der Waals surface area contributed by atoms with Gasteiger partial charge in [0.2, 0.25) is 0 Å². The van der Waals surface area contributed by atoms with Crippen LogP contribution >= 0.6 is 11.8 Å². The first-order valence-electron chi connectivity index (χ1n) is 8.66. The maximum Gasteiger partial charge on any atom is 0.308 e. The topological polar surface area (TPSA) is 72.9 Å². The molecule has 0 spiro atoms. The standard InChI is InChI=1S/C21H19NO5S/c1-14-3-7-17(8-4-14)26-12-11-22-20(24)19(28-21(22)25)13-16-5-9-18(10-6-16)27-15(2)23/h3-10,13H,11-12H2,1-2H3/b19-13-. The van der Waals surface area contributed by atoms with Gasteiger partial charge in [-0.3, -0.25) is 19.3 Å². The lowest BCUT2D eigenvalue weighted by Gasteiger charge is -2.13. The molecule has 0 bridgehead atoms. The molecule has 1 saturated heterocycles. The molecule has 0 aromatic heterocycles. The predicted octanol–water partition coefficient (Wildman–Crippen LogP) is 4.04. The first-order chi connectivity index (χ1) is 13.4. The van der Waals surface area contributed by atoms with Crippen molar-refractivity contribution in [2.75, 3.05) is 13.2 Å². The van der Waals surface area contributed by atoms with Gasteiger partial charge in [0.05, 0.1) is 11.4 Å². The largest absolute Gasteiger partial charge is 0.492 e. The molecule has 1 fully saturated rings. The van der Waals surface area contributed by atoms with Gasteiger partial charge in [-0.2, -0.15) is 0 Å². The van der Waals surface area contributed by atoms with E-state index in [2.05, 4.69) is 0 Å². The van der Waals surface area contributed by atoms with Gasteiger partial charge in [-0.1, -0.05) is 29.8 Å². The second-order valence-corrected chi connectivity index (χ2v) is 7.15. The third-order valence-corrected chi connectivity index (χ3v) is 4.83. The summed E-state index contributed by atoms with van der Waals surface area (Å²) in [5, 5.41) is -0.319. The van der Waals surface area contributed by atoms with Gasteiger partial charge in [-0.25, -0.2) is 0 Å². The fraction of sp³-hybridized carbons (Fsp3) is 0.190. The van der Waals surface area contributed by atoms with Crippen LogP contribution in [0.2, 0.25) is 0 Å². The van der Waals surface area contributed by atoms with Crippen molar-refractivity contribution in [1.82, 2.24) is 4.90 Å². The van der Waals surface area contributed by atoms with E-state index in [-0.39, 0.29) is 24.3 Å². The van der Waals surface area contributed by atoms with Gasteiger partial charge in [-0.05, 0) is 54.6 Å². The van der Waals surface area contributed by atoms with Crippen molar-refractivity contribution in [3.05, 3.63) is 64.6 Å². The Hall–Kier alpha value is -3.06. The fourth-order valence-electron chi connectivity index (χ4n) is 2.53. The van der Waals surface area contributed by atoms with Gasteiger partial charge in [0.1, 0.15) is 18.1 Å². The Balaban J connectivity index is 1.60. The molecule has 1 heterocycles. The number of benzene rings is 2. The van der Waals surface area contributed by atoms with Crippen LogP contribution in [0.15, 0.2) is 53.4 Å². The highest BCUT2D eigenvalue weighted by Crippen LogP contribution is 2.32. The van der Waals surface area contributed by atoms with Crippen LogP contribution in [0.4, 0.5) is 4.79 Å². The monoisotopic (exact) mass is 397 g/mol. The van der Waals surface area contributed by atoms with Gasteiger partial charge < -0.3 is 9.47 Å². The van der Waals surface area contributed by atoms with E-state index in [1.165, 1.54) is 11.8 Å². The second kappa shape index (κ2) is 8.75. The molecule has 0 radical (unpaired) electrons. The third-order valence-electron chi connectivity index (χ3n) is 3.92. The van der Waals surface area contributed by atoms with E-state index in [0.717, 1.165) is 22.9 Å². The van der Waals surface area contributed by atoms with Crippen LogP contribution in [-0.4, -0.2) is 35.2 Å². The average molecular weight is 397 g/mol. The molecule has 7 heteroatoms. The Morgan fingerprint density at radius 2 is 1.68 bits per heavy atom. The van der Waals surface area contributed by atoms with Crippen LogP contribution in [0, 0.1) is 6.92 Å². The molecular formula is C21H19NO5S. The minimum Gasteiger partial charge on any atom is -0.492 e. The molecule has 0 aliphatic carbocycles. The number of ether oxygens (including phenoxy) is 2. The van der Waals surface area contributed by atoms with Crippen molar-refractivity contribution in [2.24, 2.45) is 0 Å². The zero-order valence-corrected chi connectivity index (χ0v) is 16.3. The molecule has 0 unspecified atom stereocenters. The lowest BCUT2D eigenvalue weighted by atomic mass is 10.2. The Kier molecular flexibility index (Phi) is 6.16. The van der Waals surface area contributed by atoms with Crippen LogP contribution in [0.5, 0.6) is 11.5 Å². The molecule has 6 nitrogen and oxygen atoms in total. The molecule has 0 atom stereocenters. The van der Waals surface area contributed by atoms with Crippen LogP contribution in [0.3, 0.4) is 0 Å². The Labute approximate surface area is 167 Å². The fourth-order valence-corrected chi connectivity index (χ4v) is 3.40. The van der Waals surface area contributed by atoms with Crippen molar-refractivity contribution in [1.29, 1.82) is 0 Å². The maximum atomic E-state index is 12.5. The summed E-state index contributed by atoms with van der Waals surface area (Å²) in [4.78, 5) is 37.1. The van der Waals surface area contributed by atoms with Crippen LogP contribution in [0.1, 0.15) is 18.1 Å². The third kappa shape index (κ3) is 5.01. The summed E-state index contributed by atoms with van der Waals surface area (Å²) >= 11 is 0.897. The van der Waals surface area contributed by atoms with E-state index in [1.807, 2.05) is 31.2 Å². The van der Waals surface area contributed by atoms with Crippen LogP contribution in [-0.2, 0) is 9.59 Å². The number of carbonyl (C=O) groups is 3. The summed E-state index contributed by atoms with van der Waals surface area (Å²) in [5.41, 5.74) is 1.86. The molecular weight excluding hydrogens is 378 g/mol. The first kappa shape index (κ1) is 19.7. The first-order valence-corrected chi connectivity index (χ1v) is 9.47. The predicted molar refractivity (Wildman–Crippen MR) is 107 cm³/mol. The van der Waals surface area contributed by atoms with Gasteiger partial charge in [0.25, 0.3) is 11.1 Å². The normalized spacial score (nSPS) is 15.2. The summed E-state index contributed by atoms with van der Waals surface area (Å²) in [6.07, 6.45) is 1.64. The summed E-state index contributed by atoms with van der Waals surface area (Å²) in [6.45, 7) is 3.72. The van der Waals surface area contributed by atoms with Gasteiger partial charge in [-0.15, -0.1) is 0 Å². The Morgan fingerprint density at radius 3 is 2.32 bits per heavy atom. The second-order valence-electron chi connectivity index (χ2n) is 6.16. The molecule has 28 heavy (non-hydrogen) atoms. The molecule has 0 N–H and O–H groups in total. The van der Waals surface area contributed by atoms with E-state index < -0.39 is 5.97 Å². The van der Waals surface area contributed by atoms with E-state index in [4.69, 9.17) is 9.47 Å². The number of hydrogen-bond donors (Lipinski definition) is 0. The zero-order valence-electron chi connectivity index (χ0n) is 15.5. The van der Waals surface area contributed by atoms with Crippen molar-refractivity contribution >= 4 is 35.0 Å². The smallest absolute Gasteiger partial charge is 0.308 e. The number of amides is 2. The number of nitrogens with zero attached hydrogens (tertiary/aromatic N) is 1. The number of carbonyl (C=O) groups excluding carboxylic acids is 3. The van der Waals surface area contributed by atoms with Crippen molar-refractivity contribution < 1.29 is 23.9 Å². The van der Waals surface area contributed by atoms with Gasteiger partial charge in [0, 0.05) is 6.92 Å². The highest BCUT2D eigenvalue weighted by molar-refractivity contribution is 8.18. The van der Waals surface area contributed by atoms with E-state index >= 15 is 0 Å². The van der Waals surface area contributed by atoms with Crippen LogP contribution < -0.4 is 9.47 Å². The van der Waals surface area contributed by atoms with Crippen molar-refractivity contribution in [3.63, 3.8) is 0 Å². The summed E-state index contributed by atoms with van der Waals surface area (Å²) < 4.78 is 10.6. The summed E-state index contributed by atoms with van der Waals surface area (Å²) in [7, 11) is 0. The number of imide groups is 1. The lowest BCUT2D eigenvalue weighted by Crippen LogP contribution is -2.32. The van der Waals surface area contributed by atoms with E-state index in [0.29, 0.717) is 16.4 Å². The number of aryl methyl sites for hydroxylation is 1. The summed E-state index contributed by atoms with van der Waals surface area (Å²) in [6, 6.07) is 14.3. The molecule has 0 saturated carbocycles. The minimum atomic E-state index is -0.401. The van der Waals surface area contributed by atoms with E-state index in [9.17, 15) is 14.4 Å². The number of thioether (sulfide) groups is 1. The molecule has 2 amide bonds. The Morgan fingerprint density at radius 1 is 1.04 bits per heavy atom. The molecule has 1 aliphatic rings. The molecule has 2 aromatic rings. The van der Waals surface area contributed by atoms with E-state index in [1.54, 1.807) is 30.3 Å². The SMILES string of the molecule is CC(=O)Oc1ccc(/C=C2\SC(=O)N(CCOc3ccc(C)cc3)C2=O)cc1. The minimum absolute atomic E-state index is 0.182. The lowest BCUT2D eigenvalue weighted by molar-refractivity contribution is -0.131. The van der Waals surface area contributed by atoms with Gasteiger partial charge >= 0.3 is 5.97 Å². The van der Waals surface area contributed by atoms with Gasteiger partial charge in [0.15, 0.2) is 0 Å². The highest BCUT2D eigenvalue weighted by Gasteiger charge is 2.34. The van der Waals surface area contributed by atoms with Crippen LogP contribution in [0.25, 0.3) is 6.08 Å². The highest BCUT2D eigenvalue weighted by atomic mass is 32.2. The Bertz CT molecular complexity index is 919. The summed E-state index contributed by atoms with van der Waals surface area (Å²) in [5.74, 6) is 0.375. The average Bonchev–Trinajstić information content (AvgIpc) is 2.92. The number of rotatable bonds is 6. The molecule has 2 aromatic carbocycles. The number of hydrogen-bond acceptors (Lipinski definition) is 6. The van der Waals surface area contributed by atoms with Crippen molar-refractivity contribution in [3.8, 4) is 11.5 Å². The van der Waals surface area contributed by atoms with Crippen molar-refractivity contribution in [2.45, 2.75) is 13.8 Å². The zero-order chi connectivity index (χ0) is 20.1. The molecule has 3 rings (SSSR count).